The number of amides is 2. The number of rotatable bonds is 8. The second kappa shape index (κ2) is 10.7. The Bertz CT molecular complexity index is 1170. The Hall–Kier alpha value is -3.75. The monoisotopic (exact) mass is 473 g/mol. The van der Waals surface area contributed by atoms with Crippen LogP contribution in [0.25, 0.3) is 10.8 Å². The van der Waals surface area contributed by atoms with Gasteiger partial charge in [0.15, 0.2) is 11.6 Å². The number of benzene rings is 1. The summed E-state index contributed by atoms with van der Waals surface area (Å²) >= 11 is 0. The molecule has 2 aromatic heterocycles. The molecule has 182 valence electrons. The Kier molecular flexibility index (Phi) is 7.02. The van der Waals surface area contributed by atoms with Gasteiger partial charge in [-0.3, -0.25) is 9.59 Å². The van der Waals surface area contributed by atoms with Gasteiger partial charge in [0.1, 0.15) is 5.82 Å². The highest BCUT2D eigenvalue weighted by atomic mass is 16.2. The van der Waals surface area contributed by atoms with E-state index in [4.69, 9.17) is 0 Å². The molecule has 0 radical (unpaired) electrons. The summed E-state index contributed by atoms with van der Waals surface area (Å²) < 4.78 is 0. The zero-order chi connectivity index (χ0) is 24.0. The van der Waals surface area contributed by atoms with Crippen LogP contribution in [-0.4, -0.2) is 64.6 Å². The van der Waals surface area contributed by atoms with E-state index in [0.717, 1.165) is 74.3 Å². The van der Waals surface area contributed by atoms with Crippen LogP contribution in [0.1, 0.15) is 32.1 Å². The van der Waals surface area contributed by atoms with Gasteiger partial charge in [0.25, 0.3) is 0 Å². The van der Waals surface area contributed by atoms with Crippen LogP contribution < -0.4 is 15.5 Å². The zero-order valence-electron chi connectivity index (χ0n) is 19.8. The predicted octanol–water partition coefficient (Wildman–Crippen LogP) is 3.11. The van der Waals surface area contributed by atoms with E-state index in [0.29, 0.717) is 18.8 Å². The van der Waals surface area contributed by atoms with Crippen molar-refractivity contribution in [1.82, 2.24) is 25.4 Å². The van der Waals surface area contributed by atoms with Crippen LogP contribution >= 0.6 is 0 Å². The molecule has 2 saturated heterocycles. The Labute approximate surface area is 204 Å². The van der Waals surface area contributed by atoms with Crippen molar-refractivity contribution >= 4 is 40.0 Å². The Morgan fingerprint density at radius 2 is 1.89 bits per heavy atom. The van der Waals surface area contributed by atoms with Gasteiger partial charge < -0.3 is 20.4 Å². The number of pyridine rings is 1. The fraction of sp³-hybridized carbons (Fsp3) is 0.423. The summed E-state index contributed by atoms with van der Waals surface area (Å²) in [6.45, 7) is 3.75. The van der Waals surface area contributed by atoms with Gasteiger partial charge in [0.05, 0.1) is 0 Å². The maximum atomic E-state index is 12.6. The van der Waals surface area contributed by atoms with Crippen LogP contribution in [0.2, 0.25) is 0 Å². The van der Waals surface area contributed by atoms with E-state index in [1.807, 2.05) is 41.3 Å². The number of piperidine rings is 1. The fourth-order valence-corrected chi connectivity index (χ4v) is 4.84. The summed E-state index contributed by atoms with van der Waals surface area (Å²) in [6, 6.07) is 13.9. The number of fused-ring (bicyclic) bond motifs is 1. The minimum absolute atomic E-state index is 0.0194. The summed E-state index contributed by atoms with van der Waals surface area (Å²) in [6.07, 6.45) is 5.78. The molecular weight excluding hydrogens is 442 g/mol. The molecule has 0 unspecified atom stereocenters. The van der Waals surface area contributed by atoms with Crippen LogP contribution in [0, 0.1) is 5.92 Å². The highest BCUT2D eigenvalue weighted by molar-refractivity contribution is 5.92. The average Bonchev–Trinajstić information content (AvgIpc) is 3.32. The van der Waals surface area contributed by atoms with Gasteiger partial charge in [-0.15, -0.1) is 10.2 Å². The summed E-state index contributed by atoms with van der Waals surface area (Å²) in [7, 11) is 0. The molecular formula is C26H31N7O2. The quantitative estimate of drug-likeness (QED) is 0.485. The lowest BCUT2D eigenvalue weighted by Crippen LogP contribution is -2.41. The summed E-state index contributed by atoms with van der Waals surface area (Å²) in [5, 5.41) is 17.2. The van der Waals surface area contributed by atoms with Crippen molar-refractivity contribution in [3.63, 3.8) is 0 Å². The Morgan fingerprint density at radius 1 is 1.03 bits per heavy atom. The van der Waals surface area contributed by atoms with Gasteiger partial charge in [-0.05, 0) is 49.3 Å². The third-order valence-corrected chi connectivity index (χ3v) is 6.84. The van der Waals surface area contributed by atoms with Gasteiger partial charge in [-0.1, -0.05) is 24.3 Å². The smallest absolute Gasteiger partial charge is 0.223 e. The number of aromatic nitrogens is 3. The normalized spacial score (nSPS) is 16.6. The molecule has 0 atom stereocenters. The Morgan fingerprint density at radius 3 is 2.66 bits per heavy atom. The molecule has 9 nitrogen and oxygen atoms in total. The van der Waals surface area contributed by atoms with E-state index >= 15 is 0 Å². The van der Waals surface area contributed by atoms with Crippen LogP contribution in [0.15, 0.2) is 48.7 Å². The van der Waals surface area contributed by atoms with Crippen LogP contribution in [0.5, 0.6) is 0 Å². The standard InChI is InChI=1S/C26H31N7O2/c34-24-7-3-15-33(24)16-4-13-28-26(35)20-11-17-32(18-12-20)23-9-8-22(30-31-23)29-25-21-6-2-1-5-19(21)10-14-27-25/h1-2,5-6,8-10,14,20H,3-4,7,11-13,15-18H2,(H,28,35)(H,27,29,30). The molecule has 9 heteroatoms. The number of carbonyl (C=O) groups is 2. The van der Waals surface area contributed by atoms with Crippen molar-refractivity contribution in [1.29, 1.82) is 0 Å². The highest BCUT2D eigenvalue weighted by Gasteiger charge is 2.26. The van der Waals surface area contributed by atoms with Crippen molar-refractivity contribution in [2.45, 2.75) is 32.1 Å². The van der Waals surface area contributed by atoms with E-state index in [2.05, 4.69) is 36.8 Å². The molecule has 2 aliphatic rings. The van der Waals surface area contributed by atoms with E-state index in [1.165, 1.54) is 0 Å². The van der Waals surface area contributed by atoms with Crippen molar-refractivity contribution in [3.05, 3.63) is 48.7 Å². The van der Waals surface area contributed by atoms with Gasteiger partial charge in [-0.2, -0.15) is 0 Å². The zero-order valence-corrected chi connectivity index (χ0v) is 19.8. The molecule has 0 saturated carbocycles. The molecule has 2 aliphatic heterocycles. The molecule has 0 spiro atoms. The summed E-state index contributed by atoms with van der Waals surface area (Å²) in [5.41, 5.74) is 0. The molecule has 2 fully saturated rings. The first kappa shape index (κ1) is 23.0. The van der Waals surface area contributed by atoms with Crippen LogP contribution in [-0.2, 0) is 9.59 Å². The van der Waals surface area contributed by atoms with E-state index in [-0.39, 0.29) is 17.7 Å². The molecule has 3 aromatic rings. The van der Waals surface area contributed by atoms with Gasteiger partial charge >= 0.3 is 0 Å². The summed E-state index contributed by atoms with van der Waals surface area (Å²) in [5.74, 6) is 2.58. The third kappa shape index (κ3) is 5.50. The van der Waals surface area contributed by atoms with E-state index < -0.39 is 0 Å². The SMILES string of the molecule is O=C(NCCCN1CCCC1=O)C1CCN(c2ccc(Nc3nccc4ccccc34)nn2)CC1. The number of likely N-dealkylation sites (tertiary alicyclic amines) is 1. The van der Waals surface area contributed by atoms with Crippen molar-refractivity contribution in [3.8, 4) is 0 Å². The maximum Gasteiger partial charge on any atom is 0.223 e. The molecule has 2 N–H and O–H groups in total. The topological polar surface area (TPSA) is 103 Å². The average molecular weight is 474 g/mol. The number of nitrogens with one attached hydrogen (secondary N) is 2. The molecule has 0 bridgehead atoms. The van der Waals surface area contributed by atoms with Gasteiger partial charge in [0.2, 0.25) is 11.8 Å². The number of hydrogen-bond donors (Lipinski definition) is 2. The first-order chi connectivity index (χ1) is 17.2. The molecule has 35 heavy (non-hydrogen) atoms. The first-order valence-corrected chi connectivity index (χ1v) is 12.4. The predicted molar refractivity (Wildman–Crippen MR) is 135 cm³/mol. The largest absolute Gasteiger partial charge is 0.356 e. The van der Waals surface area contributed by atoms with Gasteiger partial charge in [0, 0.05) is 56.6 Å². The van der Waals surface area contributed by atoms with Crippen molar-refractivity contribution < 1.29 is 9.59 Å². The van der Waals surface area contributed by atoms with Gasteiger partial charge in [-0.25, -0.2) is 4.98 Å². The lowest BCUT2D eigenvalue weighted by atomic mass is 9.96. The van der Waals surface area contributed by atoms with Crippen LogP contribution in [0.3, 0.4) is 0 Å². The number of hydrogen-bond acceptors (Lipinski definition) is 7. The van der Waals surface area contributed by atoms with Crippen molar-refractivity contribution in [2.75, 3.05) is 42.9 Å². The molecule has 4 heterocycles. The fourth-order valence-electron chi connectivity index (χ4n) is 4.84. The van der Waals surface area contributed by atoms with Crippen LogP contribution in [0.4, 0.5) is 17.5 Å². The Balaban J connectivity index is 1.08. The molecule has 1 aromatic carbocycles. The minimum Gasteiger partial charge on any atom is -0.356 e. The first-order valence-electron chi connectivity index (χ1n) is 12.4. The maximum absolute atomic E-state index is 12.6. The minimum atomic E-state index is 0.0194. The third-order valence-electron chi connectivity index (χ3n) is 6.84. The molecule has 2 amide bonds. The van der Waals surface area contributed by atoms with E-state index in [1.54, 1.807) is 6.20 Å². The van der Waals surface area contributed by atoms with Crippen molar-refractivity contribution in [2.24, 2.45) is 5.92 Å². The number of nitrogens with zero attached hydrogens (tertiary/aromatic N) is 5. The summed E-state index contributed by atoms with van der Waals surface area (Å²) in [4.78, 5) is 32.7. The lowest BCUT2D eigenvalue weighted by Gasteiger charge is -2.31. The highest BCUT2D eigenvalue weighted by Crippen LogP contribution is 2.25. The number of anilines is 3. The number of carbonyl (C=O) groups excluding carboxylic acids is 2. The van der Waals surface area contributed by atoms with E-state index in [9.17, 15) is 9.59 Å². The lowest BCUT2D eigenvalue weighted by molar-refractivity contribution is -0.127. The second-order valence-electron chi connectivity index (χ2n) is 9.17. The second-order valence-corrected chi connectivity index (χ2v) is 9.17. The molecule has 0 aliphatic carbocycles. The molecule has 5 rings (SSSR count).